The van der Waals surface area contributed by atoms with Gasteiger partial charge in [0.15, 0.2) is 0 Å². The third-order valence-corrected chi connectivity index (χ3v) is 5.93. The molecule has 106 valence electrons. The van der Waals surface area contributed by atoms with Gasteiger partial charge in [-0.3, -0.25) is 4.72 Å². The van der Waals surface area contributed by atoms with Gasteiger partial charge >= 0.3 is 0 Å². The summed E-state index contributed by atoms with van der Waals surface area (Å²) in [4.78, 5) is 0.0901. The highest BCUT2D eigenvalue weighted by Gasteiger charge is 2.19. The summed E-state index contributed by atoms with van der Waals surface area (Å²) >= 11 is 9.84. The lowest BCUT2D eigenvalue weighted by Crippen LogP contribution is -2.14. The van der Waals surface area contributed by atoms with Crippen LogP contribution in [0.5, 0.6) is 0 Å². The molecule has 8 heteroatoms. The van der Waals surface area contributed by atoms with Crippen LogP contribution < -0.4 is 10.5 Å². The van der Waals surface area contributed by atoms with Crippen LogP contribution in [-0.4, -0.2) is 8.42 Å². The van der Waals surface area contributed by atoms with Crippen molar-refractivity contribution >= 4 is 69.2 Å². The van der Waals surface area contributed by atoms with Crippen LogP contribution in [0.3, 0.4) is 0 Å². The van der Waals surface area contributed by atoms with Crippen molar-refractivity contribution in [3.63, 3.8) is 0 Å². The molecule has 20 heavy (non-hydrogen) atoms. The molecule has 0 aromatic heterocycles. The van der Waals surface area contributed by atoms with Gasteiger partial charge in [0.25, 0.3) is 10.0 Å². The number of anilines is 2. The van der Waals surface area contributed by atoms with Gasteiger partial charge in [-0.25, -0.2) is 8.42 Å². The molecule has 0 unspecified atom stereocenters. The average Bonchev–Trinajstić information content (AvgIpc) is 2.35. The van der Waals surface area contributed by atoms with E-state index in [4.69, 9.17) is 5.73 Å². The molecule has 0 amide bonds. The van der Waals surface area contributed by atoms with Gasteiger partial charge in [0, 0.05) is 19.1 Å². The van der Waals surface area contributed by atoms with E-state index in [-0.39, 0.29) is 4.90 Å². The Bertz CT molecular complexity index is 763. The molecule has 0 aliphatic rings. The lowest BCUT2D eigenvalue weighted by Gasteiger charge is -2.11. The molecule has 2 aromatic carbocycles. The largest absolute Gasteiger partial charge is 0.399 e. The van der Waals surface area contributed by atoms with E-state index in [1.165, 1.54) is 6.07 Å². The molecule has 0 atom stereocenters. The Hall–Kier alpha value is -0.570. The highest BCUT2D eigenvalue weighted by atomic mass is 79.9. The summed E-state index contributed by atoms with van der Waals surface area (Å²) in [6, 6.07) is 9.79. The highest BCUT2D eigenvalue weighted by Crippen LogP contribution is 2.30. The Morgan fingerprint density at radius 3 is 2.30 bits per heavy atom. The predicted octanol–water partition coefficient (Wildman–Crippen LogP) is 4.36. The second-order valence-corrected chi connectivity index (χ2v) is 8.19. The van der Waals surface area contributed by atoms with Crippen LogP contribution in [0.4, 0.5) is 11.4 Å². The molecule has 3 N–H and O–H groups in total. The van der Waals surface area contributed by atoms with Gasteiger partial charge in [0.05, 0.1) is 5.69 Å². The maximum absolute atomic E-state index is 12.4. The van der Waals surface area contributed by atoms with Crippen molar-refractivity contribution in [1.82, 2.24) is 0 Å². The van der Waals surface area contributed by atoms with Crippen molar-refractivity contribution in [2.45, 2.75) is 4.90 Å². The van der Waals surface area contributed by atoms with Crippen molar-refractivity contribution in [3.05, 3.63) is 49.8 Å². The summed E-state index contributed by atoms with van der Waals surface area (Å²) in [5, 5.41) is 0. The Morgan fingerprint density at radius 1 is 0.950 bits per heavy atom. The van der Waals surface area contributed by atoms with Crippen LogP contribution >= 0.6 is 47.8 Å². The van der Waals surface area contributed by atoms with E-state index in [0.29, 0.717) is 20.3 Å². The fraction of sp³-hybridized carbons (Fsp3) is 0. The van der Waals surface area contributed by atoms with Crippen molar-refractivity contribution in [2.24, 2.45) is 0 Å². The van der Waals surface area contributed by atoms with E-state index in [2.05, 4.69) is 52.5 Å². The minimum absolute atomic E-state index is 0.0901. The number of nitrogen functional groups attached to an aromatic ring is 1. The summed E-state index contributed by atoms with van der Waals surface area (Å²) in [7, 11) is -3.72. The SMILES string of the molecule is Nc1ccc(Br)c(S(=O)(=O)Nc2ccc(Br)cc2Br)c1. The van der Waals surface area contributed by atoms with E-state index >= 15 is 0 Å². The second-order valence-electron chi connectivity index (χ2n) is 3.92. The molecule has 0 spiro atoms. The summed E-state index contributed by atoms with van der Waals surface area (Å²) in [6.07, 6.45) is 0. The van der Waals surface area contributed by atoms with E-state index in [1.807, 2.05) is 0 Å². The normalized spacial score (nSPS) is 11.3. The predicted molar refractivity (Wildman–Crippen MR) is 91.2 cm³/mol. The Morgan fingerprint density at radius 2 is 1.65 bits per heavy atom. The summed E-state index contributed by atoms with van der Waals surface area (Å²) in [6.45, 7) is 0. The van der Waals surface area contributed by atoms with Gasteiger partial charge in [-0.05, 0) is 68.3 Å². The van der Waals surface area contributed by atoms with Crippen LogP contribution in [0, 0.1) is 0 Å². The molecule has 2 rings (SSSR count). The lowest BCUT2D eigenvalue weighted by atomic mass is 10.3. The highest BCUT2D eigenvalue weighted by molar-refractivity contribution is 9.11. The number of sulfonamides is 1. The first-order chi connectivity index (χ1) is 9.29. The second kappa shape index (κ2) is 6.05. The number of nitrogens with two attached hydrogens (primary N) is 1. The van der Waals surface area contributed by atoms with Crippen LogP contribution in [0.15, 0.2) is 54.7 Å². The van der Waals surface area contributed by atoms with Crippen LogP contribution in [0.2, 0.25) is 0 Å². The minimum atomic E-state index is -3.72. The topological polar surface area (TPSA) is 72.2 Å². The van der Waals surface area contributed by atoms with E-state index < -0.39 is 10.0 Å². The molecule has 4 nitrogen and oxygen atoms in total. The smallest absolute Gasteiger partial charge is 0.263 e. The number of benzene rings is 2. The molecule has 0 bridgehead atoms. The van der Waals surface area contributed by atoms with Crippen molar-refractivity contribution in [2.75, 3.05) is 10.5 Å². The molecule has 0 fully saturated rings. The molecular formula is C12H9Br3N2O2S. The zero-order valence-corrected chi connectivity index (χ0v) is 15.5. The first-order valence-corrected chi connectivity index (χ1v) is 9.19. The zero-order valence-electron chi connectivity index (χ0n) is 9.90. The Labute approximate surface area is 142 Å². The van der Waals surface area contributed by atoms with Crippen molar-refractivity contribution in [1.29, 1.82) is 0 Å². The first kappa shape index (κ1) is 15.8. The van der Waals surface area contributed by atoms with E-state index in [9.17, 15) is 8.42 Å². The molecular weight excluding hydrogens is 476 g/mol. The molecule has 0 aliphatic carbocycles. The Kier molecular flexibility index (Phi) is 4.78. The van der Waals surface area contributed by atoms with Crippen molar-refractivity contribution < 1.29 is 8.42 Å². The molecule has 0 aliphatic heterocycles. The van der Waals surface area contributed by atoms with E-state index in [0.717, 1.165) is 4.47 Å². The fourth-order valence-electron chi connectivity index (χ4n) is 1.50. The number of hydrogen-bond donors (Lipinski definition) is 2. The van der Waals surface area contributed by atoms with Gasteiger partial charge in [-0.15, -0.1) is 0 Å². The standard InChI is InChI=1S/C12H9Br3N2O2S/c13-7-1-4-11(10(15)5-7)17-20(18,19)12-6-8(16)2-3-9(12)14/h1-6,17H,16H2. The van der Waals surface area contributed by atoms with Gasteiger partial charge < -0.3 is 5.73 Å². The third-order valence-electron chi connectivity index (χ3n) is 2.42. The summed E-state index contributed by atoms with van der Waals surface area (Å²) < 4.78 is 29.2. The summed E-state index contributed by atoms with van der Waals surface area (Å²) in [5.74, 6) is 0. The monoisotopic (exact) mass is 482 g/mol. The fourth-order valence-corrected chi connectivity index (χ4v) is 4.85. The van der Waals surface area contributed by atoms with Gasteiger partial charge in [0.2, 0.25) is 0 Å². The van der Waals surface area contributed by atoms with Crippen LogP contribution in [0.1, 0.15) is 0 Å². The van der Waals surface area contributed by atoms with E-state index in [1.54, 1.807) is 30.3 Å². The van der Waals surface area contributed by atoms with Gasteiger partial charge in [-0.2, -0.15) is 0 Å². The lowest BCUT2D eigenvalue weighted by molar-refractivity contribution is 0.601. The number of rotatable bonds is 3. The average molecular weight is 485 g/mol. The molecule has 0 radical (unpaired) electrons. The Balaban J connectivity index is 2.43. The van der Waals surface area contributed by atoms with Crippen LogP contribution in [-0.2, 0) is 10.0 Å². The quantitative estimate of drug-likeness (QED) is 0.636. The van der Waals surface area contributed by atoms with Crippen molar-refractivity contribution in [3.8, 4) is 0 Å². The summed E-state index contributed by atoms with van der Waals surface area (Å²) in [5.41, 5.74) is 6.46. The maximum Gasteiger partial charge on any atom is 0.263 e. The first-order valence-electron chi connectivity index (χ1n) is 5.32. The maximum atomic E-state index is 12.4. The number of nitrogens with one attached hydrogen (secondary N) is 1. The molecule has 0 saturated heterocycles. The minimum Gasteiger partial charge on any atom is -0.399 e. The molecule has 0 saturated carbocycles. The molecule has 0 heterocycles. The third kappa shape index (κ3) is 3.55. The number of halogens is 3. The van der Waals surface area contributed by atoms with Gasteiger partial charge in [0.1, 0.15) is 4.90 Å². The number of hydrogen-bond acceptors (Lipinski definition) is 3. The molecule has 2 aromatic rings. The zero-order chi connectivity index (χ0) is 14.9. The van der Waals surface area contributed by atoms with Crippen LogP contribution in [0.25, 0.3) is 0 Å². The van der Waals surface area contributed by atoms with Gasteiger partial charge in [-0.1, -0.05) is 15.9 Å².